The number of alkyl halides is 3. The Labute approximate surface area is 196 Å². The van der Waals surface area contributed by atoms with Gasteiger partial charge < -0.3 is 15.6 Å². The number of fused-ring (bicyclic) bond motifs is 3. The molecule has 7 nitrogen and oxygen atoms in total. The summed E-state index contributed by atoms with van der Waals surface area (Å²) in [6.07, 6.45) is -4.03. The van der Waals surface area contributed by atoms with E-state index < -0.39 is 18.1 Å². The smallest absolute Gasteiger partial charge is 0.477 e. The number of hydrogen-bond acceptors (Lipinski definition) is 5. The first-order chi connectivity index (χ1) is 16.1. The Morgan fingerprint density at radius 3 is 2.53 bits per heavy atom. The monoisotopic (exact) mass is 493 g/mol. The number of esters is 1. The molecule has 1 heterocycles. The highest BCUT2D eigenvalue weighted by Crippen LogP contribution is 2.43. The summed E-state index contributed by atoms with van der Waals surface area (Å²) in [7, 11) is 0. The molecule has 3 N–H and O–H groups in total. The van der Waals surface area contributed by atoms with Crippen molar-refractivity contribution in [1.29, 1.82) is 0 Å². The minimum absolute atomic E-state index is 0.0565. The predicted molar refractivity (Wildman–Crippen MR) is 118 cm³/mol. The number of aromatic carboxylic acids is 1. The summed E-state index contributed by atoms with van der Waals surface area (Å²) in [6, 6.07) is 9.34. The van der Waals surface area contributed by atoms with Gasteiger partial charge in [0.2, 0.25) is 0 Å². The summed E-state index contributed by atoms with van der Waals surface area (Å²) < 4.78 is 44.9. The number of aromatic nitrogens is 2. The van der Waals surface area contributed by atoms with Crippen LogP contribution in [0.1, 0.15) is 28.0 Å². The summed E-state index contributed by atoms with van der Waals surface area (Å²) in [5.74, 6) is -3.77. The highest BCUT2D eigenvalue weighted by Gasteiger charge is 2.42. The van der Waals surface area contributed by atoms with Gasteiger partial charge in [0, 0.05) is 33.8 Å². The second-order valence-corrected chi connectivity index (χ2v) is 8.13. The number of carboxylic acids is 1. The van der Waals surface area contributed by atoms with Crippen molar-refractivity contribution in [3.05, 3.63) is 58.2 Å². The first-order valence-electron chi connectivity index (χ1n) is 10.4. The maximum atomic E-state index is 12.9. The third kappa shape index (κ3) is 4.38. The minimum atomic E-state index is -5.18. The zero-order valence-corrected chi connectivity index (χ0v) is 18.4. The van der Waals surface area contributed by atoms with Crippen molar-refractivity contribution in [2.45, 2.75) is 32.0 Å². The molecule has 34 heavy (non-hydrogen) atoms. The van der Waals surface area contributed by atoms with E-state index in [1.165, 1.54) is 10.7 Å². The van der Waals surface area contributed by atoms with Gasteiger partial charge in [-0.3, -0.25) is 4.68 Å². The number of benzene rings is 2. The van der Waals surface area contributed by atoms with Crippen molar-refractivity contribution in [1.82, 2.24) is 9.78 Å². The molecule has 0 radical (unpaired) electrons. The predicted octanol–water partition coefficient (Wildman–Crippen LogP) is 4.48. The number of carbonyl (C=O) groups excluding carboxylic acids is 1. The lowest BCUT2D eigenvalue weighted by atomic mass is 9.86. The summed E-state index contributed by atoms with van der Waals surface area (Å²) >= 11 is 6.30. The lowest BCUT2D eigenvalue weighted by Crippen LogP contribution is -2.28. The Balaban J connectivity index is 1.92. The van der Waals surface area contributed by atoms with Gasteiger partial charge in [-0.1, -0.05) is 29.8 Å². The maximum Gasteiger partial charge on any atom is 0.491 e. The SMILES string of the molecule is NCCCn1nc2c(c1C(=O)O)CCc1cc(OC(=O)C(F)(F)F)c(-c3ccccc3Cl)cc1-2. The van der Waals surface area contributed by atoms with Gasteiger partial charge in [-0.2, -0.15) is 18.3 Å². The van der Waals surface area contributed by atoms with E-state index in [4.69, 9.17) is 22.1 Å². The molecule has 1 aliphatic rings. The molecule has 0 spiro atoms. The number of carbonyl (C=O) groups is 2. The fourth-order valence-corrected chi connectivity index (χ4v) is 4.27. The average Bonchev–Trinajstić information content (AvgIpc) is 3.16. The number of nitrogens with two attached hydrogens (primary N) is 1. The molecule has 0 amide bonds. The first-order valence-corrected chi connectivity index (χ1v) is 10.7. The van der Waals surface area contributed by atoms with E-state index in [1.807, 2.05) is 0 Å². The number of rotatable bonds is 6. The van der Waals surface area contributed by atoms with E-state index in [-0.39, 0.29) is 22.0 Å². The van der Waals surface area contributed by atoms with Crippen molar-refractivity contribution in [2.75, 3.05) is 6.54 Å². The van der Waals surface area contributed by atoms with Gasteiger partial charge in [0.25, 0.3) is 0 Å². The van der Waals surface area contributed by atoms with Crippen LogP contribution in [-0.4, -0.2) is 39.5 Å². The molecule has 1 aliphatic carbocycles. The highest BCUT2D eigenvalue weighted by atomic mass is 35.5. The van der Waals surface area contributed by atoms with E-state index >= 15 is 0 Å². The lowest BCUT2D eigenvalue weighted by Gasteiger charge is -2.20. The maximum absolute atomic E-state index is 12.9. The van der Waals surface area contributed by atoms with Crippen LogP contribution in [0.2, 0.25) is 5.02 Å². The van der Waals surface area contributed by atoms with Crippen molar-refractivity contribution in [2.24, 2.45) is 5.73 Å². The van der Waals surface area contributed by atoms with Crippen LogP contribution in [0.4, 0.5) is 13.2 Å². The minimum Gasteiger partial charge on any atom is -0.477 e. The molecule has 0 fully saturated rings. The van der Waals surface area contributed by atoms with E-state index in [0.29, 0.717) is 60.3 Å². The second-order valence-electron chi connectivity index (χ2n) is 7.72. The molecule has 11 heteroatoms. The largest absolute Gasteiger partial charge is 0.491 e. The van der Waals surface area contributed by atoms with E-state index in [9.17, 15) is 27.9 Å². The molecule has 0 unspecified atom stereocenters. The van der Waals surface area contributed by atoms with Gasteiger partial charge in [-0.15, -0.1) is 0 Å². The molecule has 0 saturated carbocycles. The molecule has 3 aromatic rings. The van der Waals surface area contributed by atoms with Crippen molar-refractivity contribution < 1.29 is 32.6 Å². The van der Waals surface area contributed by atoms with Crippen LogP contribution in [0.3, 0.4) is 0 Å². The van der Waals surface area contributed by atoms with Gasteiger partial charge in [-0.05, 0) is 49.6 Å². The average molecular weight is 494 g/mol. The van der Waals surface area contributed by atoms with Crippen LogP contribution >= 0.6 is 11.6 Å². The molecule has 2 aromatic carbocycles. The molecule has 4 rings (SSSR count). The standard InChI is InChI=1S/C23H19ClF3N3O4/c24-17-5-2-1-4-13(17)16-11-15-12(10-18(16)34-22(33)23(25,26)27)6-7-14-19(15)29-30(9-3-8-28)20(14)21(31)32/h1-2,4-5,10-11H,3,6-9,28H2,(H,31,32). The molecular formula is C23H19ClF3N3O4. The van der Waals surface area contributed by atoms with Crippen molar-refractivity contribution in [3.63, 3.8) is 0 Å². The normalized spacial score (nSPS) is 12.7. The summed E-state index contributed by atoms with van der Waals surface area (Å²) in [6.45, 7) is 0.657. The van der Waals surface area contributed by atoms with Crippen LogP contribution in [0, 0.1) is 0 Å². The third-order valence-electron chi connectivity index (χ3n) is 5.53. The first kappa shape index (κ1) is 23.8. The summed E-state index contributed by atoms with van der Waals surface area (Å²) in [5.41, 5.74) is 8.19. The molecule has 178 valence electrons. The molecule has 0 atom stereocenters. The topological polar surface area (TPSA) is 107 Å². The van der Waals surface area contributed by atoms with E-state index in [2.05, 4.69) is 5.10 Å². The van der Waals surface area contributed by atoms with Crippen LogP contribution in [0.15, 0.2) is 36.4 Å². The quantitative estimate of drug-likeness (QED) is 0.387. The van der Waals surface area contributed by atoms with Crippen LogP contribution in [0.5, 0.6) is 5.75 Å². The van der Waals surface area contributed by atoms with Crippen molar-refractivity contribution in [3.8, 4) is 28.1 Å². The van der Waals surface area contributed by atoms with Gasteiger partial charge in [-0.25, -0.2) is 9.59 Å². The Hall–Kier alpha value is -3.37. The third-order valence-corrected chi connectivity index (χ3v) is 5.86. The Morgan fingerprint density at radius 1 is 1.15 bits per heavy atom. The Bertz CT molecular complexity index is 1290. The van der Waals surface area contributed by atoms with Gasteiger partial charge in [0.1, 0.15) is 11.4 Å². The number of halogens is 4. The van der Waals surface area contributed by atoms with Gasteiger partial charge >= 0.3 is 18.1 Å². The van der Waals surface area contributed by atoms with E-state index in [0.717, 1.165) is 0 Å². The number of carboxylic acid groups (broad SMARTS) is 1. The Morgan fingerprint density at radius 2 is 1.88 bits per heavy atom. The summed E-state index contributed by atoms with van der Waals surface area (Å²) in [4.78, 5) is 23.6. The number of nitrogens with zero attached hydrogens (tertiary/aromatic N) is 2. The molecule has 0 aliphatic heterocycles. The van der Waals surface area contributed by atoms with Crippen LogP contribution < -0.4 is 10.5 Å². The highest BCUT2D eigenvalue weighted by molar-refractivity contribution is 6.33. The van der Waals surface area contributed by atoms with Gasteiger partial charge in [0.15, 0.2) is 0 Å². The van der Waals surface area contributed by atoms with Crippen LogP contribution in [-0.2, 0) is 24.2 Å². The molecular weight excluding hydrogens is 475 g/mol. The van der Waals surface area contributed by atoms with E-state index in [1.54, 1.807) is 30.3 Å². The van der Waals surface area contributed by atoms with Crippen molar-refractivity contribution >= 4 is 23.5 Å². The zero-order valence-electron chi connectivity index (χ0n) is 17.7. The molecule has 1 aromatic heterocycles. The number of aryl methyl sites for hydroxylation is 2. The van der Waals surface area contributed by atoms with Crippen LogP contribution in [0.25, 0.3) is 22.4 Å². The number of ether oxygens (including phenoxy) is 1. The molecule has 0 bridgehead atoms. The lowest BCUT2D eigenvalue weighted by molar-refractivity contribution is -0.189. The fourth-order valence-electron chi connectivity index (χ4n) is 4.04. The van der Waals surface area contributed by atoms with Gasteiger partial charge in [0.05, 0.1) is 5.69 Å². The summed E-state index contributed by atoms with van der Waals surface area (Å²) in [5, 5.41) is 14.5. The fraction of sp³-hybridized carbons (Fsp3) is 0.261. The second kappa shape index (κ2) is 9.11. The molecule has 0 saturated heterocycles. The number of hydrogen-bond donors (Lipinski definition) is 2. The Kier molecular flexibility index (Phi) is 6.37. The zero-order chi connectivity index (χ0) is 24.6.